The van der Waals surface area contributed by atoms with Gasteiger partial charge in [-0.25, -0.2) is 0 Å². The lowest BCUT2D eigenvalue weighted by Crippen LogP contribution is -2.43. The van der Waals surface area contributed by atoms with Crippen LogP contribution in [-0.2, 0) is 4.79 Å². The number of amides is 1. The van der Waals surface area contributed by atoms with Gasteiger partial charge in [-0.15, -0.1) is 0 Å². The molecule has 2 aromatic rings. The van der Waals surface area contributed by atoms with Crippen LogP contribution < -0.4 is 14.8 Å². The van der Waals surface area contributed by atoms with Crippen LogP contribution in [0.15, 0.2) is 22.7 Å². The van der Waals surface area contributed by atoms with E-state index < -0.39 is 0 Å². The Bertz CT molecular complexity index is 897. The average Bonchev–Trinajstić information content (AvgIpc) is 3.05. The van der Waals surface area contributed by atoms with Crippen molar-refractivity contribution in [1.29, 1.82) is 0 Å². The molecule has 1 N–H and O–H groups in total. The second-order valence-electron chi connectivity index (χ2n) is 8.80. The van der Waals surface area contributed by atoms with Crippen molar-refractivity contribution in [2.24, 2.45) is 5.92 Å². The van der Waals surface area contributed by atoms with Gasteiger partial charge in [-0.1, -0.05) is 25.1 Å². The number of rotatable bonds is 6. The Morgan fingerprint density at radius 1 is 1.23 bits per heavy atom. The Kier molecular flexibility index (Phi) is 6.75. The zero-order valence-electron chi connectivity index (χ0n) is 18.6. The molecule has 1 aromatic carbocycles. The SMILES string of the molecule is Cc1noc(C2CCCN(CC(=O)NC(c3ccc4c(c3)OCCCO4)C(C)C)C2)n1. The number of benzene rings is 1. The molecule has 0 aliphatic carbocycles. The average molecular weight is 429 g/mol. The fraction of sp³-hybridized carbons (Fsp3) is 0.609. The quantitative estimate of drug-likeness (QED) is 0.755. The fourth-order valence-corrected chi connectivity index (χ4v) is 4.31. The van der Waals surface area contributed by atoms with Gasteiger partial charge in [-0.05, 0) is 49.9 Å². The molecule has 168 valence electrons. The molecule has 2 atom stereocenters. The van der Waals surface area contributed by atoms with Gasteiger partial charge >= 0.3 is 0 Å². The molecule has 8 heteroatoms. The summed E-state index contributed by atoms with van der Waals surface area (Å²) in [5.74, 6) is 3.30. The van der Waals surface area contributed by atoms with Gasteiger partial charge in [0.15, 0.2) is 17.3 Å². The van der Waals surface area contributed by atoms with Crippen LogP contribution in [0.3, 0.4) is 0 Å². The fourth-order valence-electron chi connectivity index (χ4n) is 4.31. The van der Waals surface area contributed by atoms with Gasteiger partial charge in [0.05, 0.1) is 31.7 Å². The number of fused-ring (bicyclic) bond motifs is 1. The summed E-state index contributed by atoms with van der Waals surface area (Å²) in [6, 6.07) is 5.87. The van der Waals surface area contributed by atoms with Crippen LogP contribution in [0.25, 0.3) is 0 Å². The third-order valence-corrected chi connectivity index (χ3v) is 5.88. The number of nitrogens with one attached hydrogen (secondary N) is 1. The molecule has 1 saturated heterocycles. The van der Waals surface area contributed by atoms with Crippen LogP contribution in [0.1, 0.15) is 62.3 Å². The Morgan fingerprint density at radius 2 is 2.03 bits per heavy atom. The highest BCUT2D eigenvalue weighted by molar-refractivity contribution is 5.78. The van der Waals surface area contributed by atoms with E-state index >= 15 is 0 Å². The van der Waals surface area contributed by atoms with Crippen molar-refractivity contribution in [3.05, 3.63) is 35.5 Å². The number of carbonyl (C=O) groups excluding carboxylic acids is 1. The summed E-state index contributed by atoms with van der Waals surface area (Å²) in [5, 5.41) is 7.14. The van der Waals surface area contributed by atoms with Gasteiger partial charge < -0.3 is 19.3 Å². The molecular weight excluding hydrogens is 396 g/mol. The standard InChI is InChI=1S/C23H32N4O4/c1-15(2)22(17-7-8-19-20(12-17)30-11-5-10-29-19)25-21(28)14-27-9-4-6-18(13-27)23-24-16(3)26-31-23/h7-8,12,15,18,22H,4-6,9-11,13-14H2,1-3H3,(H,25,28). The Labute approximate surface area is 183 Å². The summed E-state index contributed by atoms with van der Waals surface area (Å²) in [7, 11) is 0. The molecule has 3 heterocycles. The third kappa shape index (κ3) is 5.36. The maximum absolute atomic E-state index is 12.9. The van der Waals surface area contributed by atoms with Crippen LogP contribution in [0.5, 0.6) is 11.5 Å². The minimum absolute atomic E-state index is 0.0215. The molecule has 0 radical (unpaired) electrons. The van der Waals surface area contributed by atoms with Crippen molar-refractivity contribution < 1.29 is 18.8 Å². The number of carbonyl (C=O) groups is 1. The van der Waals surface area contributed by atoms with E-state index in [1.807, 2.05) is 25.1 Å². The summed E-state index contributed by atoms with van der Waals surface area (Å²) < 4.78 is 16.9. The second kappa shape index (κ2) is 9.68. The lowest BCUT2D eigenvalue weighted by Gasteiger charge is -2.31. The number of aryl methyl sites for hydroxylation is 1. The molecule has 2 unspecified atom stereocenters. The van der Waals surface area contributed by atoms with Crippen molar-refractivity contribution in [3.63, 3.8) is 0 Å². The Hall–Kier alpha value is -2.61. The maximum atomic E-state index is 12.9. The van der Waals surface area contributed by atoms with Gasteiger partial charge in [-0.2, -0.15) is 4.98 Å². The number of piperidine rings is 1. The van der Waals surface area contributed by atoms with E-state index in [0.717, 1.165) is 49.4 Å². The third-order valence-electron chi connectivity index (χ3n) is 5.88. The molecule has 0 bridgehead atoms. The van der Waals surface area contributed by atoms with Crippen LogP contribution in [0.2, 0.25) is 0 Å². The van der Waals surface area contributed by atoms with Crippen molar-refractivity contribution in [3.8, 4) is 11.5 Å². The molecule has 8 nitrogen and oxygen atoms in total. The molecule has 1 amide bonds. The molecule has 2 aliphatic rings. The Balaban J connectivity index is 1.39. The highest BCUT2D eigenvalue weighted by Gasteiger charge is 2.28. The number of hydrogen-bond acceptors (Lipinski definition) is 7. The van der Waals surface area contributed by atoms with Crippen molar-refractivity contribution >= 4 is 5.91 Å². The first-order chi connectivity index (χ1) is 15.0. The van der Waals surface area contributed by atoms with E-state index in [0.29, 0.717) is 31.5 Å². The van der Waals surface area contributed by atoms with E-state index in [1.54, 1.807) is 0 Å². The first-order valence-corrected chi connectivity index (χ1v) is 11.2. The molecule has 0 spiro atoms. The molecular formula is C23H32N4O4. The molecule has 31 heavy (non-hydrogen) atoms. The summed E-state index contributed by atoms with van der Waals surface area (Å²) >= 11 is 0. The van der Waals surface area contributed by atoms with Crippen LogP contribution in [0.4, 0.5) is 0 Å². The van der Waals surface area contributed by atoms with Gasteiger partial charge in [0, 0.05) is 13.0 Å². The number of ether oxygens (including phenoxy) is 2. The summed E-state index contributed by atoms with van der Waals surface area (Å²) in [4.78, 5) is 19.5. The molecule has 1 aromatic heterocycles. The molecule has 0 saturated carbocycles. The number of aromatic nitrogens is 2. The zero-order chi connectivity index (χ0) is 21.8. The normalized spacial score (nSPS) is 20.3. The van der Waals surface area contributed by atoms with Crippen molar-refractivity contribution in [2.75, 3.05) is 32.8 Å². The minimum atomic E-state index is -0.0937. The van der Waals surface area contributed by atoms with Gasteiger partial charge in [-0.3, -0.25) is 9.69 Å². The molecule has 2 aliphatic heterocycles. The van der Waals surface area contributed by atoms with E-state index in [9.17, 15) is 4.79 Å². The van der Waals surface area contributed by atoms with Gasteiger partial charge in [0.2, 0.25) is 11.8 Å². The van der Waals surface area contributed by atoms with E-state index in [1.165, 1.54) is 0 Å². The smallest absolute Gasteiger partial charge is 0.234 e. The number of likely N-dealkylation sites (tertiary alicyclic amines) is 1. The highest BCUT2D eigenvalue weighted by atomic mass is 16.5. The van der Waals surface area contributed by atoms with Crippen molar-refractivity contribution in [1.82, 2.24) is 20.4 Å². The monoisotopic (exact) mass is 428 g/mol. The Morgan fingerprint density at radius 3 is 2.77 bits per heavy atom. The first kappa shape index (κ1) is 21.6. The van der Waals surface area contributed by atoms with Crippen molar-refractivity contribution in [2.45, 2.75) is 52.0 Å². The lowest BCUT2D eigenvalue weighted by molar-refractivity contribution is -0.123. The molecule has 1 fully saturated rings. The zero-order valence-corrected chi connectivity index (χ0v) is 18.6. The van der Waals surface area contributed by atoms with Crippen LogP contribution >= 0.6 is 0 Å². The summed E-state index contributed by atoms with van der Waals surface area (Å²) in [5.41, 5.74) is 1.03. The summed E-state index contributed by atoms with van der Waals surface area (Å²) in [6.45, 7) is 9.37. The number of hydrogen-bond donors (Lipinski definition) is 1. The topological polar surface area (TPSA) is 89.7 Å². The molecule has 4 rings (SSSR count). The first-order valence-electron chi connectivity index (χ1n) is 11.2. The van der Waals surface area contributed by atoms with Crippen LogP contribution in [0, 0.1) is 12.8 Å². The van der Waals surface area contributed by atoms with Gasteiger partial charge in [0.25, 0.3) is 0 Å². The lowest BCUT2D eigenvalue weighted by atomic mass is 9.95. The van der Waals surface area contributed by atoms with E-state index in [4.69, 9.17) is 14.0 Å². The largest absolute Gasteiger partial charge is 0.490 e. The summed E-state index contributed by atoms with van der Waals surface area (Å²) in [6.07, 6.45) is 2.88. The second-order valence-corrected chi connectivity index (χ2v) is 8.80. The highest BCUT2D eigenvalue weighted by Crippen LogP contribution is 2.34. The number of nitrogens with zero attached hydrogens (tertiary/aromatic N) is 3. The van der Waals surface area contributed by atoms with Gasteiger partial charge in [0.1, 0.15) is 0 Å². The van der Waals surface area contributed by atoms with E-state index in [2.05, 4.69) is 34.2 Å². The predicted molar refractivity (Wildman–Crippen MR) is 115 cm³/mol. The maximum Gasteiger partial charge on any atom is 0.234 e. The van der Waals surface area contributed by atoms with E-state index in [-0.39, 0.29) is 23.8 Å². The predicted octanol–water partition coefficient (Wildman–Crippen LogP) is 3.23. The van der Waals surface area contributed by atoms with Crippen LogP contribution in [-0.4, -0.2) is 53.8 Å². The minimum Gasteiger partial charge on any atom is -0.490 e.